The van der Waals surface area contributed by atoms with Gasteiger partial charge in [0.25, 0.3) is 0 Å². The van der Waals surface area contributed by atoms with E-state index in [0.29, 0.717) is 13.1 Å². The highest BCUT2D eigenvalue weighted by atomic mass is 16.6. The van der Waals surface area contributed by atoms with Crippen LogP contribution in [0, 0.1) is 0 Å². The minimum atomic E-state index is -0.983. The molecule has 0 aliphatic carbocycles. The molecular weight excluding hydrogens is 366 g/mol. The van der Waals surface area contributed by atoms with Gasteiger partial charge in [-0.25, -0.2) is 9.59 Å². The molecule has 1 amide bonds. The quantitative estimate of drug-likeness (QED) is 0.628. The van der Waals surface area contributed by atoms with Gasteiger partial charge in [0.15, 0.2) is 0 Å². The van der Waals surface area contributed by atoms with E-state index < -0.39 is 11.6 Å². The molecular formula is C24H29NO4. The van der Waals surface area contributed by atoms with Crippen molar-refractivity contribution in [2.24, 2.45) is 0 Å². The smallest absolute Gasteiger partial charge is 0.410 e. The van der Waals surface area contributed by atoms with Crippen molar-refractivity contribution in [2.45, 2.75) is 45.8 Å². The second-order valence-corrected chi connectivity index (χ2v) is 7.90. The number of hydrogen-bond acceptors (Lipinski definition) is 3. The van der Waals surface area contributed by atoms with Crippen LogP contribution in [0.3, 0.4) is 0 Å². The van der Waals surface area contributed by atoms with E-state index in [1.807, 2.05) is 63.2 Å². The summed E-state index contributed by atoms with van der Waals surface area (Å²) >= 11 is 0. The summed E-state index contributed by atoms with van der Waals surface area (Å²) in [7, 11) is 0. The number of benzene rings is 2. The summed E-state index contributed by atoms with van der Waals surface area (Å²) in [6.07, 6.45) is 4.03. The van der Waals surface area contributed by atoms with Crippen molar-refractivity contribution < 1.29 is 19.4 Å². The highest BCUT2D eigenvalue weighted by Crippen LogP contribution is 2.15. The van der Waals surface area contributed by atoms with Gasteiger partial charge in [-0.05, 0) is 56.4 Å². The Balaban J connectivity index is 2.03. The fraction of sp³-hybridized carbons (Fsp3) is 0.333. The van der Waals surface area contributed by atoms with Gasteiger partial charge in [0, 0.05) is 19.2 Å². The molecule has 0 unspecified atom stereocenters. The van der Waals surface area contributed by atoms with Gasteiger partial charge in [-0.2, -0.15) is 0 Å². The monoisotopic (exact) mass is 395 g/mol. The van der Waals surface area contributed by atoms with Crippen LogP contribution in [0.2, 0.25) is 0 Å². The topological polar surface area (TPSA) is 66.8 Å². The lowest BCUT2D eigenvalue weighted by molar-refractivity contribution is -0.131. The normalized spacial score (nSPS) is 11.4. The third kappa shape index (κ3) is 8.64. The number of nitrogens with zero attached hydrogens (tertiary/aromatic N) is 1. The molecule has 29 heavy (non-hydrogen) atoms. The van der Waals surface area contributed by atoms with Crippen molar-refractivity contribution in [2.75, 3.05) is 6.54 Å². The number of carbonyl (C=O) groups is 2. The predicted octanol–water partition coefficient (Wildman–Crippen LogP) is 5.15. The molecule has 0 spiro atoms. The molecule has 0 bridgehead atoms. The Bertz CT molecular complexity index is 820. The second kappa shape index (κ2) is 10.5. The van der Waals surface area contributed by atoms with Gasteiger partial charge < -0.3 is 14.7 Å². The fourth-order valence-corrected chi connectivity index (χ4v) is 2.80. The summed E-state index contributed by atoms with van der Waals surface area (Å²) in [5.41, 5.74) is 2.44. The lowest BCUT2D eigenvalue weighted by Crippen LogP contribution is -2.37. The molecule has 1 N–H and O–H groups in total. The summed E-state index contributed by atoms with van der Waals surface area (Å²) in [4.78, 5) is 25.0. The van der Waals surface area contributed by atoms with Crippen molar-refractivity contribution in [3.05, 3.63) is 77.4 Å². The lowest BCUT2D eigenvalue weighted by Gasteiger charge is -2.27. The Morgan fingerprint density at radius 3 is 2.24 bits per heavy atom. The van der Waals surface area contributed by atoms with Gasteiger partial charge >= 0.3 is 12.1 Å². The summed E-state index contributed by atoms with van der Waals surface area (Å²) in [5, 5.41) is 8.72. The van der Waals surface area contributed by atoms with Gasteiger partial charge in [-0.1, -0.05) is 54.6 Å². The first-order chi connectivity index (χ1) is 13.7. The van der Waals surface area contributed by atoms with Gasteiger partial charge in [-0.3, -0.25) is 0 Å². The Kier molecular flexibility index (Phi) is 8.01. The molecule has 0 fully saturated rings. The first-order valence-electron chi connectivity index (χ1n) is 9.75. The highest BCUT2D eigenvalue weighted by molar-refractivity contribution is 5.85. The number of aliphatic carboxylic acids is 1. The minimum absolute atomic E-state index is 0.333. The summed E-state index contributed by atoms with van der Waals surface area (Å²) < 4.78 is 5.57. The molecule has 0 atom stereocenters. The van der Waals surface area contributed by atoms with E-state index in [1.165, 1.54) is 11.6 Å². The van der Waals surface area contributed by atoms with Crippen LogP contribution >= 0.6 is 0 Å². The van der Waals surface area contributed by atoms with Crippen LogP contribution in [0.1, 0.15) is 43.9 Å². The van der Waals surface area contributed by atoms with Crippen molar-refractivity contribution >= 4 is 18.1 Å². The zero-order chi connectivity index (χ0) is 21.3. The number of carboxylic acid groups (broad SMARTS) is 1. The van der Waals surface area contributed by atoms with Crippen LogP contribution in [0.4, 0.5) is 4.79 Å². The molecule has 2 aromatic carbocycles. The van der Waals surface area contributed by atoms with E-state index in [2.05, 4.69) is 12.1 Å². The van der Waals surface area contributed by atoms with E-state index in [1.54, 1.807) is 4.90 Å². The van der Waals surface area contributed by atoms with Crippen LogP contribution in [0.5, 0.6) is 0 Å². The van der Waals surface area contributed by atoms with Crippen LogP contribution in [-0.2, 0) is 22.5 Å². The summed E-state index contributed by atoms with van der Waals surface area (Å²) in [6, 6.07) is 17.7. The number of carboxylic acids is 1. The van der Waals surface area contributed by atoms with Crippen molar-refractivity contribution in [1.82, 2.24) is 4.90 Å². The first kappa shape index (κ1) is 22.2. The zero-order valence-electron chi connectivity index (χ0n) is 17.3. The molecule has 0 heterocycles. The van der Waals surface area contributed by atoms with Crippen LogP contribution in [0.25, 0.3) is 6.08 Å². The van der Waals surface area contributed by atoms with Crippen molar-refractivity contribution in [3.8, 4) is 0 Å². The van der Waals surface area contributed by atoms with Crippen molar-refractivity contribution in [1.29, 1.82) is 0 Å². The first-order valence-corrected chi connectivity index (χ1v) is 9.75. The molecule has 0 aromatic heterocycles. The zero-order valence-corrected chi connectivity index (χ0v) is 17.3. The molecule has 0 saturated heterocycles. The average molecular weight is 395 g/mol. The second-order valence-electron chi connectivity index (χ2n) is 7.90. The molecule has 2 rings (SSSR count). The molecule has 0 aliphatic rings. The number of ether oxygens (including phenoxy) is 1. The molecule has 0 radical (unpaired) electrons. The Morgan fingerprint density at radius 1 is 1.00 bits per heavy atom. The van der Waals surface area contributed by atoms with Gasteiger partial charge in [0.2, 0.25) is 0 Å². The maximum absolute atomic E-state index is 12.7. The van der Waals surface area contributed by atoms with E-state index in [0.717, 1.165) is 30.0 Å². The maximum Gasteiger partial charge on any atom is 0.410 e. The standard InChI is InChI=1S/C24H29NO4/c1-24(2,3)29-23(28)25(17-7-10-19-8-5-4-6-9-19)18-21-13-11-20(12-14-21)15-16-22(26)27/h4-6,8-9,11-16H,7,10,17-18H2,1-3H3,(H,26,27)/b16-15+. The van der Waals surface area contributed by atoms with Gasteiger partial charge in [-0.15, -0.1) is 0 Å². The number of carbonyl (C=O) groups excluding carboxylic acids is 1. The predicted molar refractivity (Wildman–Crippen MR) is 115 cm³/mol. The molecule has 2 aromatic rings. The highest BCUT2D eigenvalue weighted by Gasteiger charge is 2.22. The lowest BCUT2D eigenvalue weighted by atomic mass is 10.1. The summed E-state index contributed by atoms with van der Waals surface area (Å²) in [5.74, 6) is -0.983. The summed E-state index contributed by atoms with van der Waals surface area (Å²) in [6.45, 7) is 6.60. The Hall–Kier alpha value is -3.08. The maximum atomic E-state index is 12.7. The number of hydrogen-bond donors (Lipinski definition) is 1. The molecule has 5 nitrogen and oxygen atoms in total. The van der Waals surface area contributed by atoms with Gasteiger partial charge in [0.1, 0.15) is 5.60 Å². The minimum Gasteiger partial charge on any atom is -0.478 e. The number of aryl methyl sites for hydroxylation is 1. The van der Waals surface area contributed by atoms with Crippen molar-refractivity contribution in [3.63, 3.8) is 0 Å². The molecule has 0 aliphatic heterocycles. The average Bonchev–Trinajstić information content (AvgIpc) is 2.66. The molecule has 5 heteroatoms. The van der Waals surface area contributed by atoms with E-state index in [-0.39, 0.29) is 6.09 Å². The molecule has 0 saturated carbocycles. The van der Waals surface area contributed by atoms with Crippen LogP contribution in [-0.4, -0.2) is 34.2 Å². The third-order valence-corrected chi connectivity index (χ3v) is 4.16. The number of rotatable bonds is 8. The van der Waals surface area contributed by atoms with E-state index >= 15 is 0 Å². The molecule has 154 valence electrons. The number of amides is 1. The largest absolute Gasteiger partial charge is 0.478 e. The van der Waals surface area contributed by atoms with Crippen LogP contribution in [0.15, 0.2) is 60.7 Å². The van der Waals surface area contributed by atoms with E-state index in [9.17, 15) is 9.59 Å². The fourth-order valence-electron chi connectivity index (χ4n) is 2.80. The van der Waals surface area contributed by atoms with Gasteiger partial charge in [0.05, 0.1) is 0 Å². The third-order valence-electron chi connectivity index (χ3n) is 4.16. The van der Waals surface area contributed by atoms with E-state index in [4.69, 9.17) is 9.84 Å². The Morgan fingerprint density at radius 2 is 1.66 bits per heavy atom. The Labute approximate surface area is 172 Å². The van der Waals surface area contributed by atoms with Crippen LogP contribution < -0.4 is 0 Å². The SMILES string of the molecule is CC(C)(C)OC(=O)N(CCCc1ccccc1)Cc1ccc(/C=C/C(=O)O)cc1.